The van der Waals surface area contributed by atoms with Crippen LogP contribution in [0, 0.1) is 5.92 Å². The summed E-state index contributed by atoms with van der Waals surface area (Å²) in [6.45, 7) is 5.08. The second kappa shape index (κ2) is 8.87. The lowest BCUT2D eigenvalue weighted by molar-refractivity contribution is -0.132. The largest absolute Gasteiger partial charge is 0.427 e. The van der Waals surface area contributed by atoms with Crippen molar-refractivity contribution in [3.63, 3.8) is 0 Å². The van der Waals surface area contributed by atoms with Crippen molar-refractivity contribution >= 4 is 17.5 Å². The summed E-state index contributed by atoms with van der Waals surface area (Å²) < 4.78 is 10.3. The molecule has 3 rings (SSSR count). The Morgan fingerprint density at radius 1 is 0.786 bits per heavy atom. The average Bonchev–Trinajstić information content (AvgIpc) is 2.65. The van der Waals surface area contributed by atoms with E-state index in [1.54, 1.807) is 0 Å². The van der Waals surface area contributed by atoms with E-state index in [0.717, 1.165) is 17.5 Å². The number of hydrogen-bond donors (Lipinski definition) is 0. The summed E-state index contributed by atoms with van der Waals surface area (Å²) in [4.78, 5) is 22.4. The number of benzene rings is 2. The lowest BCUT2D eigenvalue weighted by atomic mass is 9.79. The molecule has 1 aliphatic rings. The average molecular weight is 378 g/mol. The van der Waals surface area contributed by atoms with E-state index in [4.69, 9.17) is 9.47 Å². The molecule has 0 bridgehead atoms. The Morgan fingerprint density at radius 3 is 1.64 bits per heavy atom. The van der Waals surface area contributed by atoms with Gasteiger partial charge in [0.2, 0.25) is 0 Å². The number of rotatable bonds is 4. The first kappa shape index (κ1) is 19.9. The van der Waals surface area contributed by atoms with Crippen molar-refractivity contribution in [2.24, 2.45) is 5.92 Å². The third-order valence-corrected chi connectivity index (χ3v) is 5.06. The maximum atomic E-state index is 11.2. The highest BCUT2D eigenvalue weighted by Crippen LogP contribution is 2.39. The van der Waals surface area contributed by atoms with Gasteiger partial charge in [0, 0.05) is 13.8 Å². The number of hydrogen-bond acceptors (Lipinski definition) is 4. The number of ether oxygens (including phenoxy) is 2. The molecule has 1 fully saturated rings. The second-order valence-electron chi connectivity index (χ2n) is 7.28. The zero-order valence-electron chi connectivity index (χ0n) is 16.7. The molecule has 0 amide bonds. The Morgan fingerprint density at radius 2 is 1.25 bits per heavy atom. The van der Waals surface area contributed by atoms with E-state index >= 15 is 0 Å². The van der Waals surface area contributed by atoms with E-state index in [9.17, 15) is 9.59 Å². The van der Waals surface area contributed by atoms with Gasteiger partial charge in [-0.15, -0.1) is 0 Å². The van der Waals surface area contributed by atoms with Gasteiger partial charge < -0.3 is 9.47 Å². The first-order valence-corrected chi connectivity index (χ1v) is 9.75. The molecule has 4 heteroatoms. The van der Waals surface area contributed by atoms with Crippen molar-refractivity contribution in [2.45, 2.75) is 46.5 Å². The van der Waals surface area contributed by atoms with Crippen LogP contribution in [0.3, 0.4) is 0 Å². The Kier molecular flexibility index (Phi) is 6.30. The predicted molar refractivity (Wildman–Crippen MR) is 109 cm³/mol. The molecule has 28 heavy (non-hydrogen) atoms. The summed E-state index contributed by atoms with van der Waals surface area (Å²) in [6.07, 6.45) is 4.72. The molecule has 0 aliphatic heterocycles. The molecule has 146 valence electrons. The smallest absolute Gasteiger partial charge is 0.308 e. The standard InChI is InChI=1S/C24H26O4/c1-16-6-4-5-7-23(16)24(19-8-12-21(13-9-19)27-17(2)25)20-10-14-22(15-11-20)28-18(3)26/h8-16H,4-7H2,1-3H3. The number of carbonyl (C=O) groups is 2. The zero-order valence-corrected chi connectivity index (χ0v) is 16.7. The number of esters is 2. The van der Waals surface area contributed by atoms with Crippen LogP contribution in [0.25, 0.3) is 5.57 Å². The van der Waals surface area contributed by atoms with Crippen molar-refractivity contribution in [1.82, 2.24) is 0 Å². The van der Waals surface area contributed by atoms with Crippen LogP contribution >= 0.6 is 0 Å². The molecule has 1 saturated carbocycles. The molecule has 0 heterocycles. The van der Waals surface area contributed by atoms with Crippen LogP contribution in [0.5, 0.6) is 11.5 Å². The van der Waals surface area contributed by atoms with Gasteiger partial charge in [0.15, 0.2) is 0 Å². The molecule has 2 aromatic rings. The van der Waals surface area contributed by atoms with Gasteiger partial charge in [0.1, 0.15) is 11.5 Å². The van der Waals surface area contributed by atoms with Crippen molar-refractivity contribution in [1.29, 1.82) is 0 Å². The van der Waals surface area contributed by atoms with E-state index < -0.39 is 0 Å². The summed E-state index contributed by atoms with van der Waals surface area (Å²) in [5.74, 6) is 0.955. The van der Waals surface area contributed by atoms with Gasteiger partial charge in [0.05, 0.1) is 0 Å². The highest BCUT2D eigenvalue weighted by Gasteiger charge is 2.21. The molecule has 0 aromatic heterocycles. The SMILES string of the molecule is CC(=O)Oc1ccc(C(=C2CCCCC2C)c2ccc(OC(C)=O)cc2)cc1. The van der Waals surface area contributed by atoms with Crippen molar-refractivity contribution in [3.05, 3.63) is 65.2 Å². The van der Waals surface area contributed by atoms with Gasteiger partial charge in [-0.3, -0.25) is 9.59 Å². The molecule has 0 spiro atoms. The number of allylic oxidation sites excluding steroid dienone is 1. The van der Waals surface area contributed by atoms with Crippen molar-refractivity contribution in [3.8, 4) is 11.5 Å². The molecule has 1 aliphatic carbocycles. The maximum Gasteiger partial charge on any atom is 0.308 e. The van der Waals surface area contributed by atoms with Crippen LogP contribution < -0.4 is 9.47 Å². The van der Waals surface area contributed by atoms with Gasteiger partial charge in [-0.05, 0) is 66.1 Å². The fraction of sp³-hybridized carbons (Fsp3) is 0.333. The Balaban J connectivity index is 2.02. The topological polar surface area (TPSA) is 52.6 Å². The summed E-state index contributed by atoms with van der Waals surface area (Å²) in [7, 11) is 0. The molecule has 0 saturated heterocycles. The Bertz CT molecular complexity index is 814. The maximum absolute atomic E-state index is 11.2. The third kappa shape index (κ3) is 4.89. The Labute approximate surface area is 166 Å². The van der Waals surface area contributed by atoms with E-state index in [0.29, 0.717) is 17.4 Å². The van der Waals surface area contributed by atoms with Crippen LogP contribution in [-0.2, 0) is 9.59 Å². The first-order valence-electron chi connectivity index (χ1n) is 9.75. The quantitative estimate of drug-likeness (QED) is 0.517. The van der Waals surface area contributed by atoms with E-state index in [1.165, 1.54) is 44.3 Å². The van der Waals surface area contributed by atoms with E-state index in [-0.39, 0.29) is 11.9 Å². The lowest BCUT2D eigenvalue weighted by Crippen LogP contribution is -2.09. The summed E-state index contributed by atoms with van der Waals surface area (Å²) in [5, 5.41) is 0. The lowest BCUT2D eigenvalue weighted by Gasteiger charge is -2.26. The molecule has 1 unspecified atom stereocenters. The normalized spacial score (nSPS) is 16.4. The monoisotopic (exact) mass is 378 g/mol. The highest BCUT2D eigenvalue weighted by atomic mass is 16.5. The van der Waals surface area contributed by atoms with Gasteiger partial charge in [-0.2, -0.15) is 0 Å². The highest BCUT2D eigenvalue weighted by molar-refractivity contribution is 5.83. The fourth-order valence-corrected chi connectivity index (χ4v) is 3.81. The van der Waals surface area contributed by atoms with Gasteiger partial charge in [-0.1, -0.05) is 43.2 Å². The number of carbonyl (C=O) groups excluding carboxylic acids is 2. The van der Waals surface area contributed by atoms with Crippen molar-refractivity contribution in [2.75, 3.05) is 0 Å². The van der Waals surface area contributed by atoms with Gasteiger partial charge in [0.25, 0.3) is 0 Å². The van der Waals surface area contributed by atoms with Crippen LogP contribution in [0.2, 0.25) is 0 Å². The molecule has 4 nitrogen and oxygen atoms in total. The predicted octanol–water partition coefficient (Wildman–Crippen LogP) is 5.55. The summed E-state index contributed by atoms with van der Waals surface area (Å²) >= 11 is 0. The van der Waals surface area contributed by atoms with Crippen LogP contribution in [0.4, 0.5) is 0 Å². The van der Waals surface area contributed by atoms with Gasteiger partial charge in [-0.25, -0.2) is 0 Å². The molecular formula is C24H26O4. The first-order chi connectivity index (χ1) is 13.4. The Hall–Kier alpha value is -2.88. The van der Waals surface area contributed by atoms with E-state index in [1.807, 2.05) is 48.5 Å². The van der Waals surface area contributed by atoms with Crippen molar-refractivity contribution < 1.29 is 19.1 Å². The molecule has 0 radical (unpaired) electrons. The van der Waals surface area contributed by atoms with Crippen LogP contribution in [0.15, 0.2) is 54.1 Å². The molecule has 2 aromatic carbocycles. The van der Waals surface area contributed by atoms with Crippen LogP contribution in [-0.4, -0.2) is 11.9 Å². The van der Waals surface area contributed by atoms with Gasteiger partial charge >= 0.3 is 11.9 Å². The minimum Gasteiger partial charge on any atom is -0.427 e. The third-order valence-electron chi connectivity index (χ3n) is 5.06. The fourth-order valence-electron chi connectivity index (χ4n) is 3.81. The molecular weight excluding hydrogens is 352 g/mol. The minimum absolute atomic E-state index is 0.326. The van der Waals surface area contributed by atoms with Crippen LogP contribution in [0.1, 0.15) is 57.6 Å². The minimum atomic E-state index is -0.326. The zero-order chi connectivity index (χ0) is 20.1. The summed E-state index contributed by atoms with van der Waals surface area (Å²) in [6, 6.07) is 15.3. The second-order valence-corrected chi connectivity index (χ2v) is 7.28. The van der Waals surface area contributed by atoms with E-state index in [2.05, 4.69) is 6.92 Å². The molecule has 1 atom stereocenters. The summed E-state index contributed by atoms with van der Waals surface area (Å²) in [5.41, 5.74) is 4.86. The molecule has 0 N–H and O–H groups in total.